The highest BCUT2D eigenvalue weighted by Crippen LogP contribution is 2.24. The van der Waals surface area contributed by atoms with E-state index in [1.165, 1.54) is 0 Å². The van der Waals surface area contributed by atoms with Crippen molar-refractivity contribution in [1.29, 1.82) is 0 Å². The molecule has 0 aliphatic carbocycles. The number of ether oxygens (including phenoxy) is 1. The maximum atomic E-state index is 6.09. The second kappa shape index (κ2) is 7.69. The summed E-state index contributed by atoms with van der Waals surface area (Å²) >= 11 is 15.6. The normalized spacial score (nSPS) is 10.9. The van der Waals surface area contributed by atoms with Crippen LogP contribution in [0.5, 0.6) is 5.75 Å². The Balaban J connectivity index is 2.05. The van der Waals surface area contributed by atoms with E-state index in [1.807, 2.05) is 24.3 Å². The van der Waals surface area contributed by atoms with Gasteiger partial charge in [-0.2, -0.15) is 5.10 Å². The molecule has 0 amide bonds. The predicted octanol–water partition coefficient (Wildman–Crippen LogP) is 4.89. The van der Waals surface area contributed by atoms with Crippen LogP contribution in [0.4, 0.5) is 0 Å². The van der Waals surface area contributed by atoms with Crippen molar-refractivity contribution in [3.63, 3.8) is 0 Å². The zero-order valence-corrected chi connectivity index (χ0v) is 14.3. The first-order chi connectivity index (χ1) is 10.1. The van der Waals surface area contributed by atoms with Crippen molar-refractivity contribution in [2.24, 2.45) is 5.10 Å². The average molecular weight is 388 g/mol. The van der Waals surface area contributed by atoms with Crippen molar-refractivity contribution in [2.45, 2.75) is 6.54 Å². The van der Waals surface area contributed by atoms with Gasteiger partial charge in [0.25, 0.3) is 0 Å². The Morgan fingerprint density at radius 3 is 2.62 bits per heavy atom. The summed E-state index contributed by atoms with van der Waals surface area (Å²) in [4.78, 5) is 0. The van der Waals surface area contributed by atoms with Gasteiger partial charge in [0.1, 0.15) is 5.75 Å². The lowest BCUT2D eigenvalue weighted by atomic mass is 10.2. The van der Waals surface area contributed by atoms with Gasteiger partial charge in [0.05, 0.1) is 19.9 Å². The molecule has 110 valence electrons. The molecule has 0 aliphatic rings. The highest BCUT2D eigenvalue weighted by atomic mass is 79.9. The van der Waals surface area contributed by atoms with Gasteiger partial charge in [-0.15, -0.1) is 0 Å². The number of rotatable bonds is 5. The highest BCUT2D eigenvalue weighted by molar-refractivity contribution is 9.10. The fraction of sp³-hybridized carbons (Fsp3) is 0.133. The van der Waals surface area contributed by atoms with E-state index in [1.54, 1.807) is 25.5 Å². The van der Waals surface area contributed by atoms with Crippen LogP contribution in [0, 0.1) is 0 Å². The first-order valence-corrected chi connectivity index (χ1v) is 7.69. The molecule has 2 rings (SSSR count). The summed E-state index contributed by atoms with van der Waals surface area (Å²) in [6.45, 7) is 0.450. The van der Waals surface area contributed by atoms with E-state index < -0.39 is 0 Å². The number of methoxy groups -OCH3 is 1. The average Bonchev–Trinajstić information content (AvgIpc) is 2.46. The van der Waals surface area contributed by atoms with E-state index in [0.29, 0.717) is 16.6 Å². The Morgan fingerprint density at radius 2 is 1.95 bits per heavy atom. The lowest BCUT2D eigenvalue weighted by molar-refractivity contribution is 0.414. The molecule has 0 heterocycles. The van der Waals surface area contributed by atoms with Crippen molar-refractivity contribution >= 4 is 45.3 Å². The Labute approximate surface area is 142 Å². The monoisotopic (exact) mass is 386 g/mol. The Kier molecular flexibility index (Phi) is 5.91. The van der Waals surface area contributed by atoms with Crippen LogP contribution in [0.2, 0.25) is 10.0 Å². The summed E-state index contributed by atoms with van der Waals surface area (Å²) in [6, 6.07) is 11.1. The minimum absolute atomic E-state index is 0.450. The second-order valence-electron chi connectivity index (χ2n) is 4.18. The molecule has 0 radical (unpaired) electrons. The summed E-state index contributed by atoms with van der Waals surface area (Å²) in [5, 5.41) is 5.41. The lowest BCUT2D eigenvalue weighted by Crippen LogP contribution is -2.07. The van der Waals surface area contributed by atoms with E-state index in [-0.39, 0.29) is 0 Å². The number of hydrazone groups is 1. The second-order valence-corrected chi connectivity index (χ2v) is 5.91. The Hall–Kier alpha value is -1.23. The van der Waals surface area contributed by atoms with Crippen LogP contribution in [-0.2, 0) is 6.54 Å². The molecule has 0 spiro atoms. The van der Waals surface area contributed by atoms with E-state index in [2.05, 4.69) is 26.5 Å². The summed E-state index contributed by atoms with van der Waals surface area (Å²) in [5.41, 5.74) is 4.62. The van der Waals surface area contributed by atoms with Crippen LogP contribution in [0.3, 0.4) is 0 Å². The van der Waals surface area contributed by atoms with Crippen LogP contribution < -0.4 is 10.2 Å². The molecule has 0 saturated carbocycles. The molecule has 0 bridgehead atoms. The summed E-state index contributed by atoms with van der Waals surface area (Å²) in [5.74, 6) is 0.750. The Bertz CT molecular complexity index is 642. The van der Waals surface area contributed by atoms with E-state index in [4.69, 9.17) is 27.9 Å². The van der Waals surface area contributed by atoms with Gasteiger partial charge >= 0.3 is 0 Å². The van der Waals surface area contributed by atoms with Gasteiger partial charge in [-0.3, -0.25) is 0 Å². The van der Waals surface area contributed by atoms with Gasteiger partial charge < -0.3 is 10.2 Å². The molecule has 0 unspecified atom stereocenters. The molecule has 3 nitrogen and oxygen atoms in total. The first kappa shape index (κ1) is 16.1. The van der Waals surface area contributed by atoms with Crippen LogP contribution in [0.1, 0.15) is 11.1 Å². The van der Waals surface area contributed by atoms with Gasteiger partial charge in [0, 0.05) is 25.6 Å². The zero-order chi connectivity index (χ0) is 15.2. The van der Waals surface area contributed by atoms with Crippen molar-refractivity contribution in [1.82, 2.24) is 5.43 Å². The molecule has 0 fully saturated rings. The van der Waals surface area contributed by atoms with Crippen molar-refractivity contribution in [2.75, 3.05) is 7.11 Å². The van der Waals surface area contributed by atoms with Gasteiger partial charge in [-0.05, 0) is 30.3 Å². The fourth-order valence-electron chi connectivity index (χ4n) is 1.75. The molecule has 21 heavy (non-hydrogen) atoms. The van der Waals surface area contributed by atoms with Crippen molar-refractivity contribution in [3.05, 3.63) is 62.0 Å². The molecule has 1 N–H and O–H groups in total. The zero-order valence-electron chi connectivity index (χ0n) is 11.2. The predicted molar refractivity (Wildman–Crippen MR) is 91.6 cm³/mol. The molecule has 0 aromatic heterocycles. The third-order valence-electron chi connectivity index (χ3n) is 2.80. The van der Waals surface area contributed by atoms with Crippen LogP contribution in [-0.4, -0.2) is 13.3 Å². The van der Waals surface area contributed by atoms with Crippen molar-refractivity contribution < 1.29 is 4.74 Å². The van der Waals surface area contributed by atoms with Gasteiger partial charge in [0.2, 0.25) is 0 Å². The number of hydrogen-bond donors (Lipinski definition) is 1. The SMILES string of the molecule is COc1ccc(Br)cc1/C=N\NCc1c(Cl)cccc1Cl. The molecule has 2 aromatic carbocycles. The topological polar surface area (TPSA) is 33.6 Å². The first-order valence-electron chi connectivity index (χ1n) is 6.14. The summed E-state index contributed by atoms with van der Waals surface area (Å²) in [7, 11) is 1.62. The standard InChI is InChI=1S/C15H13BrCl2N2O/c1-21-15-6-5-11(16)7-10(15)8-19-20-9-12-13(17)3-2-4-14(12)18/h2-8,20H,9H2,1H3/b19-8-. The van der Waals surface area contributed by atoms with Crippen molar-refractivity contribution in [3.8, 4) is 5.75 Å². The molecule has 2 aromatic rings. The molecule has 0 saturated heterocycles. The van der Waals surface area contributed by atoms with Gasteiger partial charge in [-0.1, -0.05) is 45.2 Å². The number of hydrogen-bond acceptors (Lipinski definition) is 3. The smallest absolute Gasteiger partial charge is 0.127 e. The number of nitrogens with zero attached hydrogens (tertiary/aromatic N) is 1. The van der Waals surface area contributed by atoms with E-state index in [9.17, 15) is 0 Å². The quantitative estimate of drug-likeness (QED) is 0.585. The molecule has 0 aliphatic heterocycles. The van der Waals surface area contributed by atoms with Crippen LogP contribution >= 0.6 is 39.1 Å². The number of benzene rings is 2. The third kappa shape index (κ3) is 4.37. The Morgan fingerprint density at radius 1 is 1.24 bits per heavy atom. The molecular weight excluding hydrogens is 375 g/mol. The van der Waals surface area contributed by atoms with E-state index in [0.717, 1.165) is 21.3 Å². The largest absolute Gasteiger partial charge is 0.496 e. The summed E-state index contributed by atoms with van der Waals surface area (Å²) in [6.07, 6.45) is 1.69. The van der Waals surface area contributed by atoms with Gasteiger partial charge in [0.15, 0.2) is 0 Å². The molecular formula is C15H13BrCl2N2O. The number of halogens is 3. The molecule has 0 atom stereocenters. The maximum absolute atomic E-state index is 6.09. The summed E-state index contributed by atoms with van der Waals surface area (Å²) < 4.78 is 6.23. The van der Waals surface area contributed by atoms with E-state index >= 15 is 0 Å². The minimum Gasteiger partial charge on any atom is -0.496 e. The highest BCUT2D eigenvalue weighted by Gasteiger charge is 2.04. The van der Waals surface area contributed by atoms with Crippen LogP contribution in [0.15, 0.2) is 46.0 Å². The molecule has 6 heteroatoms. The number of nitrogens with one attached hydrogen (secondary N) is 1. The third-order valence-corrected chi connectivity index (χ3v) is 4.01. The maximum Gasteiger partial charge on any atom is 0.127 e. The van der Waals surface area contributed by atoms with Gasteiger partial charge in [-0.25, -0.2) is 0 Å². The fourth-order valence-corrected chi connectivity index (χ4v) is 2.66. The minimum atomic E-state index is 0.450. The lowest BCUT2D eigenvalue weighted by Gasteiger charge is -2.07. The van der Waals surface area contributed by atoms with Crippen LogP contribution in [0.25, 0.3) is 0 Å².